The Morgan fingerprint density at radius 1 is 1.29 bits per heavy atom. The Hall–Kier alpha value is -2.15. The standard InChI is InChI=1S/C21H29FN2O4/c1-28-12-2-9-24-15-21(6-5-19(24)26)7-10-23(11-8-21)20(27)14-16-3-4-18(25)17(22)13-16/h3-4,13,25H,2,5-12,14-15H2,1H3. The lowest BCUT2D eigenvalue weighted by atomic mass is 9.72. The molecule has 1 N–H and O–H groups in total. The molecule has 0 radical (unpaired) electrons. The molecule has 0 unspecified atom stereocenters. The summed E-state index contributed by atoms with van der Waals surface area (Å²) in [6.07, 6.45) is 4.21. The lowest BCUT2D eigenvalue weighted by molar-refractivity contribution is -0.142. The van der Waals surface area contributed by atoms with Gasteiger partial charge in [-0.1, -0.05) is 6.07 Å². The monoisotopic (exact) mass is 392 g/mol. The van der Waals surface area contributed by atoms with E-state index in [-0.39, 0.29) is 23.7 Å². The Labute approximate surface area is 165 Å². The van der Waals surface area contributed by atoms with Crippen molar-refractivity contribution >= 4 is 11.8 Å². The predicted octanol–water partition coefficient (Wildman–Crippen LogP) is 2.34. The van der Waals surface area contributed by atoms with Crippen LogP contribution in [0.1, 0.15) is 37.7 Å². The molecule has 0 aliphatic carbocycles. The minimum Gasteiger partial charge on any atom is -0.505 e. The van der Waals surface area contributed by atoms with Crippen molar-refractivity contribution in [2.75, 3.05) is 39.9 Å². The fourth-order valence-electron chi connectivity index (χ4n) is 4.29. The molecule has 154 valence electrons. The van der Waals surface area contributed by atoms with Gasteiger partial charge in [0, 0.05) is 46.3 Å². The largest absolute Gasteiger partial charge is 0.505 e. The maximum atomic E-state index is 13.5. The van der Waals surface area contributed by atoms with E-state index in [0.29, 0.717) is 31.7 Å². The number of halogens is 1. The first-order valence-corrected chi connectivity index (χ1v) is 9.94. The van der Waals surface area contributed by atoms with E-state index in [1.165, 1.54) is 12.1 Å². The molecule has 7 heteroatoms. The van der Waals surface area contributed by atoms with Gasteiger partial charge in [0.15, 0.2) is 11.6 Å². The van der Waals surface area contributed by atoms with Gasteiger partial charge in [0.2, 0.25) is 11.8 Å². The third kappa shape index (κ3) is 4.82. The first kappa shape index (κ1) is 20.6. The maximum absolute atomic E-state index is 13.5. The van der Waals surface area contributed by atoms with Crippen LogP contribution in [0.25, 0.3) is 0 Å². The van der Waals surface area contributed by atoms with Crippen LogP contribution in [0, 0.1) is 11.2 Å². The second-order valence-corrected chi connectivity index (χ2v) is 8.00. The van der Waals surface area contributed by atoms with Gasteiger partial charge in [-0.3, -0.25) is 9.59 Å². The first-order chi connectivity index (χ1) is 13.4. The van der Waals surface area contributed by atoms with E-state index in [4.69, 9.17) is 4.74 Å². The van der Waals surface area contributed by atoms with Crippen LogP contribution in [0.4, 0.5) is 4.39 Å². The molecule has 0 atom stereocenters. The summed E-state index contributed by atoms with van der Waals surface area (Å²) in [5.74, 6) is -0.917. The lowest BCUT2D eigenvalue weighted by Crippen LogP contribution is -2.52. The average Bonchev–Trinajstić information content (AvgIpc) is 2.68. The highest BCUT2D eigenvalue weighted by atomic mass is 19.1. The van der Waals surface area contributed by atoms with Crippen LogP contribution in [-0.2, 0) is 20.7 Å². The highest BCUT2D eigenvalue weighted by Crippen LogP contribution is 2.40. The number of amides is 2. The highest BCUT2D eigenvalue weighted by Gasteiger charge is 2.41. The molecular formula is C21H29FN2O4. The third-order valence-electron chi connectivity index (χ3n) is 6.07. The molecule has 1 spiro atoms. The number of nitrogens with zero attached hydrogens (tertiary/aromatic N) is 2. The van der Waals surface area contributed by atoms with Crippen LogP contribution in [0.15, 0.2) is 18.2 Å². The zero-order chi connectivity index (χ0) is 20.1. The Balaban J connectivity index is 1.53. The minimum absolute atomic E-state index is 0.0243. The zero-order valence-corrected chi connectivity index (χ0v) is 16.5. The van der Waals surface area contributed by atoms with E-state index in [0.717, 1.165) is 38.8 Å². The molecule has 28 heavy (non-hydrogen) atoms. The Bertz CT molecular complexity index is 716. The molecule has 2 amide bonds. The Kier molecular flexibility index (Phi) is 6.54. The van der Waals surface area contributed by atoms with Crippen molar-refractivity contribution in [1.29, 1.82) is 0 Å². The third-order valence-corrected chi connectivity index (χ3v) is 6.07. The van der Waals surface area contributed by atoms with Crippen LogP contribution >= 0.6 is 0 Å². The Morgan fingerprint density at radius 3 is 2.71 bits per heavy atom. The smallest absolute Gasteiger partial charge is 0.226 e. The summed E-state index contributed by atoms with van der Waals surface area (Å²) < 4.78 is 18.6. The van der Waals surface area contributed by atoms with Crippen LogP contribution < -0.4 is 0 Å². The van der Waals surface area contributed by atoms with Gasteiger partial charge in [0.1, 0.15) is 0 Å². The van der Waals surface area contributed by atoms with Crippen molar-refractivity contribution in [3.05, 3.63) is 29.6 Å². The highest BCUT2D eigenvalue weighted by molar-refractivity contribution is 5.79. The van der Waals surface area contributed by atoms with Gasteiger partial charge in [-0.15, -0.1) is 0 Å². The van der Waals surface area contributed by atoms with Crippen molar-refractivity contribution in [2.24, 2.45) is 5.41 Å². The molecule has 3 rings (SSSR count). The molecule has 0 aromatic heterocycles. The number of hydrogen-bond donors (Lipinski definition) is 1. The number of hydrogen-bond acceptors (Lipinski definition) is 4. The van der Waals surface area contributed by atoms with Crippen LogP contribution in [0.3, 0.4) is 0 Å². The molecular weight excluding hydrogens is 363 g/mol. The van der Waals surface area contributed by atoms with Gasteiger partial charge >= 0.3 is 0 Å². The fourth-order valence-corrected chi connectivity index (χ4v) is 4.29. The average molecular weight is 392 g/mol. The van der Waals surface area contributed by atoms with Gasteiger partial charge in [0.05, 0.1) is 6.42 Å². The van der Waals surface area contributed by atoms with E-state index >= 15 is 0 Å². The van der Waals surface area contributed by atoms with E-state index in [1.54, 1.807) is 13.2 Å². The Morgan fingerprint density at radius 2 is 2.04 bits per heavy atom. The van der Waals surface area contributed by atoms with Crippen molar-refractivity contribution in [2.45, 2.75) is 38.5 Å². The van der Waals surface area contributed by atoms with Gasteiger partial charge in [-0.2, -0.15) is 0 Å². The van der Waals surface area contributed by atoms with E-state index in [1.807, 2.05) is 9.80 Å². The molecule has 6 nitrogen and oxygen atoms in total. The molecule has 2 heterocycles. The number of phenolic OH excluding ortho intramolecular Hbond substituents is 1. The summed E-state index contributed by atoms with van der Waals surface area (Å²) in [5.41, 5.74) is 0.663. The van der Waals surface area contributed by atoms with Gasteiger partial charge in [0.25, 0.3) is 0 Å². The van der Waals surface area contributed by atoms with Crippen LogP contribution in [0.2, 0.25) is 0 Å². The SMILES string of the molecule is COCCCN1CC2(CCC1=O)CCN(C(=O)Cc1ccc(O)c(F)c1)CC2. The number of likely N-dealkylation sites (tertiary alicyclic amines) is 2. The number of aromatic hydroxyl groups is 1. The number of phenols is 1. The van der Waals surface area contributed by atoms with E-state index in [2.05, 4.69) is 0 Å². The normalized spacial score (nSPS) is 19.3. The predicted molar refractivity (Wildman–Crippen MR) is 102 cm³/mol. The fraction of sp³-hybridized carbons (Fsp3) is 0.619. The van der Waals surface area contributed by atoms with Crippen LogP contribution in [-0.4, -0.2) is 66.6 Å². The summed E-state index contributed by atoms with van der Waals surface area (Å²) in [6.45, 7) is 3.47. The summed E-state index contributed by atoms with van der Waals surface area (Å²) >= 11 is 0. The van der Waals surface area contributed by atoms with Gasteiger partial charge in [-0.05, 0) is 48.8 Å². The van der Waals surface area contributed by atoms with Gasteiger partial charge in [-0.25, -0.2) is 4.39 Å². The molecule has 2 saturated heterocycles. The minimum atomic E-state index is -0.705. The molecule has 1 aromatic carbocycles. The van der Waals surface area contributed by atoms with Crippen molar-refractivity contribution in [3.63, 3.8) is 0 Å². The molecule has 1 aromatic rings. The van der Waals surface area contributed by atoms with Crippen molar-refractivity contribution in [1.82, 2.24) is 9.80 Å². The summed E-state index contributed by atoms with van der Waals surface area (Å²) in [5, 5.41) is 9.27. The molecule has 0 saturated carbocycles. The number of carbonyl (C=O) groups is 2. The van der Waals surface area contributed by atoms with E-state index in [9.17, 15) is 19.1 Å². The number of ether oxygens (including phenoxy) is 1. The van der Waals surface area contributed by atoms with Crippen molar-refractivity contribution in [3.8, 4) is 5.75 Å². The first-order valence-electron chi connectivity index (χ1n) is 9.94. The lowest BCUT2D eigenvalue weighted by Gasteiger charge is -2.47. The number of methoxy groups -OCH3 is 1. The number of benzene rings is 1. The van der Waals surface area contributed by atoms with E-state index < -0.39 is 11.6 Å². The summed E-state index contributed by atoms with van der Waals surface area (Å²) in [6, 6.07) is 4.07. The summed E-state index contributed by atoms with van der Waals surface area (Å²) in [7, 11) is 1.67. The van der Waals surface area contributed by atoms with Gasteiger partial charge < -0.3 is 19.6 Å². The molecule has 2 aliphatic heterocycles. The second-order valence-electron chi connectivity index (χ2n) is 8.00. The molecule has 2 fully saturated rings. The van der Waals surface area contributed by atoms with Crippen molar-refractivity contribution < 1.29 is 23.8 Å². The number of rotatable bonds is 6. The second kappa shape index (κ2) is 8.90. The molecule has 0 bridgehead atoms. The quantitative estimate of drug-likeness (QED) is 0.755. The number of carbonyl (C=O) groups excluding carboxylic acids is 2. The van der Waals surface area contributed by atoms with Crippen LogP contribution in [0.5, 0.6) is 5.75 Å². The molecule has 2 aliphatic rings. The number of piperidine rings is 2. The zero-order valence-electron chi connectivity index (χ0n) is 16.5. The topological polar surface area (TPSA) is 70.1 Å². The maximum Gasteiger partial charge on any atom is 0.226 e. The summed E-state index contributed by atoms with van der Waals surface area (Å²) in [4.78, 5) is 28.6.